The minimum Gasteiger partial charge on any atom is -0.489 e. The fraction of sp³-hybridized carbons (Fsp3) is 0.400. The predicted molar refractivity (Wildman–Crippen MR) is 62.4 cm³/mol. The molecular formula is C10H15Cl2NO. The van der Waals surface area contributed by atoms with Gasteiger partial charge < -0.3 is 10.5 Å². The molecule has 0 saturated heterocycles. The normalized spacial score (nSPS) is 9.79. The van der Waals surface area contributed by atoms with Crippen LogP contribution in [-0.4, -0.2) is 6.10 Å². The number of ether oxygens (including phenoxy) is 1. The molecule has 0 aromatic heterocycles. The monoisotopic (exact) mass is 235 g/mol. The third-order valence-electron chi connectivity index (χ3n) is 1.63. The first-order chi connectivity index (χ1) is 6.15. The first-order valence-corrected chi connectivity index (χ1v) is 4.67. The molecule has 14 heavy (non-hydrogen) atoms. The maximum absolute atomic E-state index is 6.05. The molecular weight excluding hydrogens is 221 g/mol. The van der Waals surface area contributed by atoms with E-state index in [9.17, 15) is 0 Å². The maximum Gasteiger partial charge on any atom is 0.138 e. The molecule has 2 N–H and O–H groups in total. The topological polar surface area (TPSA) is 35.2 Å². The van der Waals surface area contributed by atoms with Crippen LogP contribution in [0.25, 0.3) is 0 Å². The summed E-state index contributed by atoms with van der Waals surface area (Å²) in [5.41, 5.74) is 6.43. The van der Waals surface area contributed by atoms with Crippen LogP contribution in [0.2, 0.25) is 5.02 Å². The Bertz CT molecular complexity index is 289. The molecule has 4 heteroatoms. The summed E-state index contributed by atoms with van der Waals surface area (Å²) in [6.45, 7) is 4.37. The molecule has 0 heterocycles. The zero-order valence-electron chi connectivity index (χ0n) is 8.29. The summed E-state index contributed by atoms with van der Waals surface area (Å²) in [4.78, 5) is 0. The molecule has 0 atom stereocenters. The van der Waals surface area contributed by atoms with E-state index >= 15 is 0 Å². The summed E-state index contributed by atoms with van der Waals surface area (Å²) in [6, 6.07) is 5.64. The molecule has 80 valence electrons. The van der Waals surface area contributed by atoms with Gasteiger partial charge in [0.1, 0.15) is 5.75 Å². The Balaban J connectivity index is 0.00000169. The van der Waals surface area contributed by atoms with Gasteiger partial charge in [-0.15, -0.1) is 12.4 Å². The number of nitrogens with two attached hydrogens (primary N) is 1. The van der Waals surface area contributed by atoms with Gasteiger partial charge in [-0.05, 0) is 25.5 Å². The van der Waals surface area contributed by atoms with E-state index in [1.165, 1.54) is 0 Å². The molecule has 0 amide bonds. The Hall–Kier alpha value is -0.440. The Morgan fingerprint density at radius 1 is 1.43 bits per heavy atom. The van der Waals surface area contributed by atoms with Crippen LogP contribution in [0, 0.1) is 0 Å². The van der Waals surface area contributed by atoms with Gasteiger partial charge >= 0.3 is 0 Å². The zero-order valence-corrected chi connectivity index (χ0v) is 9.86. The first kappa shape index (κ1) is 13.6. The van der Waals surface area contributed by atoms with Gasteiger partial charge in [-0.25, -0.2) is 0 Å². The quantitative estimate of drug-likeness (QED) is 0.875. The van der Waals surface area contributed by atoms with Crippen molar-refractivity contribution in [3.8, 4) is 5.75 Å². The van der Waals surface area contributed by atoms with Crippen LogP contribution in [0.4, 0.5) is 0 Å². The summed E-state index contributed by atoms with van der Waals surface area (Å²) in [6.07, 6.45) is 0.130. The molecule has 0 unspecified atom stereocenters. The Labute approximate surface area is 95.8 Å². The standard InChI is InChI=1S/C10H14ClNO.ClH/c1-7(2)13-9-5-3-4-8(6-12)10(9)11;/h3-5,7H,6,12H2,1-2H3;1H. The molecule has 0 fully saturated rings. The molecule has 1 aromatic rings. The third kappa shape index (κ3) is 3.37. The van der Waals surface area contributed by atoms with Crippen LogP contribution in [0.1, 0.15) is 19.4 Å². The Morgan fingerprint density at radius 3 is 2.57 bits per heavy atom. The van der Waals surface area contributed by atoms with Crippen LogP contribution in [-0.2, 0) is 6.54 Å². The van der Waals surface area contributed by atoms with Crippen molar-refractivity contribution in [2.24, 2.45) is 5.73 Å². The van der Waals surface area contributed by atoms with Crippen LogP contribution >= 0.6 is 24.0 Å². The Morgan fingerprint density at radius 2 is 2.07 bits per heavy atom. The maximum atomic E-state index is 6.05. The summed E-state index contributed by atoms with van der Waals surface area (Å²) in [5, 5.41) is 0.624. The van der Waals surface area contributed by atoms with Gasteiger partial charge in [-0.3, -0.25) is 0 Å². The second kappa shape index (κ2) is 6.12. The molecule has 0 spiro atoms. The van der Waals surface area contributed by atoms with Gasteiger partial charge in [0, 0.05) is 6.54 Å². The van der Waals surface area contributed by atoms with E-state index in [-0.39, 0.29) is 18.5 Å². The highest BCUT2D eigenvalue weighted by atomic mass is 35.5. The minimum atomic E-state index is 0. The van der Waals surface area contributed by atoms with Gasteiger partial charge in [0.05, 0.1) is 11.1 Å². The molecule has 0 aliphatic heterocycles. The van der Waals surface area contributed by atoms with Crippen molar-refractivity contribution in [2.75, 3.05) is 0 Å². The van der Waals surface area contributed by atoms with E-state index in [1.807, 2.05) is 32.0 Å². The van der Waals surface area contributed by atoms with Gasteiger partial charge in [0.2, 0.25) is 0 Å². The minimum absolute atomic E-state index is 0. The van der Waals surface area contributed by atoms with Crippen molar-refractivity contribution in [2.45, 2.75) is 26.5 Å². The lowest BCUT2D eigenvalue weighted by atomic mass is 10.2. The van der Waals surface area contributed by atoms with Crippen LogP contribution in [0.5, 0.6) is 5.75 Å². The lowest BCUT2D eigenvalue weighted by Gasteiger charge is -2.12. The van der Waals surface area contributed by atoms with Crippen LogP contribution in [0.15, 0.2) is 18.2 Å². The number of hydrogen-bond acceptors (Lipinski definition) is 2. The summed E-state index contributed by atoms with van der Waals surface area (Å²) < 4.78 is 5.50. The summed E-state index contributed by atoms with van der Waals surface area (Å²) in [5.74, 6) is 0.708. The highest BCUT2D eigenvalue weighted by Gasteiger charge is 2.06. The third-order valence-corrected chi connectivity index (χ3v) is 2.05. The zero-order chi connectivity index (χ0) is 9.84. The van der Waals surface area contributed by atoms with E-state index in [4.69, 9.17) is 22.1 Å². The molecule has 2 nitrogen and oxygen atoms in total. The van der Waals surface area contributed by atoms with Crippen molar-refractivity contribution < 1.29 is 4.74 Å². The number of halogens is 2. The highest BCUT2D eigenvalue weighted by Crippen LogP contribution is 2.28. The van der Waals surface area contributed by atoms with Gasteiger partial charge in [-0.2, -0.15) is 0 Å². The first-order valence-electron chi connectivity index (χ1n) is 4.29. The van der Waals surface area contributed by atoms with Gasteiger partial charge in [0.15, 0.2) is 0 Å². The van der Waals surface area contributed by atoms with E-state index in [1.54, 1.807) is 0 Å². The second-order valence-corrected chi connectivity index (χ2v) is 3.48. The fourth-order valence-electron chi connectivity index (χ4n) is 1.06. The fourth-order valence-corrected chi connectivity index (χ4v) is 1.31. The van der Waals surface area contributed by atoms with Crippen molar-refractivity contribution in [3.63, 3.8) is 0 Å². The number of benzene rings is 1. The molecule has 0 aliphatic carbocycles. The number of hydrogen-bond donors (Lipinski definition) is 1. The lowest BCUT2D eigenvalue weighted by Crippen LogP contribution is -2.07. The lowest BCUT2D eigenvalue weighted by molar-refractivity contribution is 0.242. The molecule has 1 rings (SSSR count). The average Bonchev–Trinajstić information content (AvgIpc) is 2.08. The number of rotatable bonds is 3. The van der Waals surface area contributed by atoms with Gasteiger partial charge in [-0.1, -0.05) is 23.7 Å². The molecule has 0 radical (unpaired) electrons. The molecule has 0 saturated carbocycles. The largest absolute Gasteiger partial charge is 0.489 e. The molecule has 1 aromatic carbocycles. The van der Waals surface area contributed by atoms with E-state index < -0.39 is 0 Å². The van der Waals surface area contributed by atoms with E-state index in [0.29, 0.717) is 17.3 Å². The summed E-state index contributed by atoms with van der Waals surface area (Å²) in [7, 11) is 0. The Kier molecular flexibility index (Phi) is 5.93. The molecule has 0 aliphatic rings. The van der Waals surface area contributed by atoms with Crippen molar-refractivity contribution >= 4 is 24.0 Å². The van der Waals surface area contributed by atoms with Crippen molar-refractivity contribution in [1.82, 2.24) is 0 Å². The summed E-state index contributed by atoms with van der Waals surface area (Å²) >= 11 is 6.05. The smallest absolute Gasteiger partial charge is 0.138 e. The van der Waals surface area contributed by atoms with Crippen molar-refractivity contribution in [3.05, 3.63) is 28.8 Å². The van der Waals surface area contributed by atoms with E-state index in [0.717, 1.165) is 5.56 Å². The SMILES string of the molecule is CC(C)Oc1cccc(CN)c1Cl.Cl. The van der Waals surface area contributed by atoms with E-state index in [2.05, 4.69) is 0 Å². The predicted octanol–water partition coefficient (Wildman–Crippen LogP) is 3.01. The average molecular weight is 236 g/mol. The highest BCUT2D eigenvalue weighted by molar-refractivity contribution is 6.32. The van der Waals surface area contributed by atoms with Gasteiger partial charge in [0.25, 0.3) is 0 Å². The van der Waals surface area contributed by atoms with Crippen LogP contribution in [0.3, 0.4) is 0 Å². The molecule has 0 bridgehead atoms. The van der Waals surface area contributed by atoms with Crippen LogP contribution < -0.4 is 10.5 Å². The van der Waals surface area contributed by atoms with Crippen molar-refractivity contribution in [1.29, 1.82) is 0 Å². The second-order valence-electron chi connectivity index (χ2n) is 3.10.